The van der Waals surface area contributed by atoms with Gasteiger partial charge in [0.1, 0.15) is 29.5 Å². The molecule has 0 radical (unpaired) electrons. The lowest BCUT2D eigenvalue weighted by Crippen LogP contribution is -2.11. The third kappa shape index (κ3) is 3.56. The Hall–Kier alpha value is -2.86. The van der Waals surface area contributed by atoms with Crippen molar-refractivity contribution in [1.29, 1.82) is 10.5 Å². The molecule has 1 N–H and O–H groups in total. The fourth-order valence-electron chi connectivity index (χ4n) is 1.44. The molecule has 1 rings (SSSR count). The second-order valence-corrected chi connectivity index (χ2v) is 3.95. The maximum absolute atomic E-state index is 13.4. The summed E-state index contributed by atoms with van der Waals surface area (Å²) in [5.41, 5.74) is -0.0568. The monoisotopic (exact) mass is 274 g/mol. The van der Waals surface area contributed by atoms with E-state index in [4.69, 9.17) is 10.5 Å². The van der Waals surface area contributed by atoms with E-state index in [0.29, 0.717) is 5.70 Å². The molecule has 102 valence electrons. The van der Waals surface area contributed by atoms with Crippen LogP contribution in [-0.4, -0.2) is 19.0 Å². The number of nitriles is 2. The first-order valence-corrected chi connectivity index (χ1v) is 5.60. The van der Waals surface area contributed by atoms with Gasteiger partial charge in [0.2, 0.25) is 0 Å². The Labute approximate surface area is 115 Å². The fourth-order valence-corrected chi connectivity index (χ4v) is 1.44. The second kappa shape index (κ2) is 6.91. The Bertz CT molecular complexity index is 597. The lowest BCUT2D eigenvalue weighted by atomic mass is 10.2. The summed E-state index contributed by atoms with van der Waals surface area (Å²) < 4.78 is 26.7. The van der Waals surface area contributed by atoms with Gasteiger partial charge < -0.3 is 10.2 Å². The third-order valence-electron chi connectivity index (χ3n) is 2.39. The first-order chi connectivity index (χ1) is 9.51. The Balaban J connectivity index is 3.01. The van der Waals surface area contributed by atoms with Gasteiger partial charge in [-0.3, -0.25) is 0 Å². The Kier molecular flexibility index (Phi) is 5.25. The number of para-hydroxylation sites is 1. The van der Waals surface area contributed by atoms with Crippen LogP contribution in [-0.2, 0) is 0 Å². The van der Waals surface area contributed by atoms with Gasteiger partial charge >= 0.3 is 0 Å². The largest absolute Gasteiger partial charge is 0.376 e. The zero-order chi connectivity index (χ0) is 15.1. The van der Waals surface area contributed by atoms with Crippen molar-refractivity contribution in [3.8, 4) is 12.1 Å². The minimum atomic E-state index is -0.731. The van der Waals surface area contributed by atoms with E-state index in [1.807, 2.05) is 0 Å². The molecule has 0 spiro atoms. The molecule has 0 saturated heterocycles. The molecule has 0 aliphatic rings. The molecule has 0 heterocycles. The minimum absolute atomic E-state index is 0.0953. The zero-order valence-corrected chi connectivity index (χ0v) is 11.0. The smallest absolute Gasteiger partial charge is 0.152 e. The fraction of sp³-hybridized carbons (Fsp3) is 0.143. The Morgan fingerprint density at radius 3 is 2.20 bits per heavy atom. The van der Waals surface area contributed by atoms with Crippen molar-refractivity contribution < 1.29 is 8.78 Å². The van der Waals surface area contributed by atoms with Crippen molar-refractivity contribution in [2.75, 3.05) is 19.4 Å². The number of benzene rings is 1. The van der Waals surface area contributed by atoms with Crippen LogP contribution in [0.2, 0.25) is 0 Å². The van der Waals surface area contributed by atoms with E-state index in [-0.39, 0.29) is 11.3 Å². The number of hydrogen-bond donors (Lipinski definition) is 1. The molecular weight excluding hydrogens is 262 g/mol. The lowest BCUT2D eigenvalue weighted by molar-refractivity contribution is 0.527. The molecule has 0 atom stereocenters. The number of nitrogens with one attached hydrogen (secondary N) is 1. The summed E-state index contributed by atoms with van der Waals surface area (Å²) in [4.78, 5) is 1.55. The van der Waals surface area contributed by atoms with Gasteiger partial charge in [-0.1, -0.05) is 6.07 Å². The van der Waals surface area contributed by atoms with Crippen LogP contribution in [0.4, 0.5) is 14.5 Å². The topological polar surface area (TPSA) is 62.9 Å². The molecule has 6 heteroatoms. The first kappa shape index (κ1) is 15.2. The second-order valence-electron chi connectivity index (χ2n) is 3.95. The number of allylic oxidation sites excluding steroid dienone is 2. The van der Waals surface area contributed by atoms with E-state index >= 15 is 0 Å². The zero-order valence-electron chi connectivity index (χ0n) is 11.0. The summed E-state index contributed by atoms with van der Waals surface area (Å²) in [6.07, 6.45) is 2.67. The van der Waals surface area contributed by atoms with Crippen LogP contribution in [0.3, 0.4) is 0 Å². The quantitative estimate of drug-likeness (QED) is 0.677. The summed E-state index contributed by atoms with van der Waals surface area (Å²) in [6.45, 7) is 0. The minimum Gasteiger partial charge on any atom is -0.376 e. The average molecular weight is 274 g/mol. The van der Waals surface area contributed by atoms with E-state index in [9.17, 15) is 8.78 Å². The molecule has 0 aromatic heterocycles. The Morgan fingerprint density at radius 1 is 1.20 bits per heavy atom. The van der Waals surface area contributed by atoms with Crippen LogP contribution in [0.5, 0.6) is 0 Å². The van der Waals surface area contributed by atoms with Crippen molar-refractivity contribution in [2.45, 2.75) is 0 Å². The number of nitrogens with zero attached hydrogens (tertiary/aromatic N) is 3. The van der Waals surface area contributed by atoms with Crippen LogP contribution in [0.25, 0.3) is 0 Å². The van der Waals surface area contributed by atoms with Crippen LogP contribution in [0, 0.1) is 34.3 Å². The van der Waals surface area contributed by atoms with Gasteiger partial charge in [-0.05, 0) is 18.2 Å². The van der Waals surface area contributed by atoms with Crippen molar-refractivity contribution in [3.05, 3.63) is 53.4 Å². The third-order valence-corrected chi connectivity index (χ3v) is 2.39. The van der Waals surface area contributed by atoms with Crippen molar-refractivity contribution >= 4 is 5.69 Å². The van der Waals surface area contributed by atoms with Crippen LogP contribution in [0.1, 0.15) is 0 Å². The van der Waals surface area contributed by atoms with Crippen LogP contribution in [0.15, 0.2) is 41.7 Å². The maximum Gasteiger partial charge on any atom is 0.152 e. The van der Waals surface area contributed by atoms with Crippen molar-refractivity contribution in [3.63, 3.8) is 0 Å². The predicted molar refractivity (Wildman–Crippen MR) is 71.1 cm³/mol. The molecule has 0 aliphatic heterocycles. The van der Waals surface area contributed by atoms with E-state index in [1.165, 1.54) is 18.3 Å². The summed E-state index contributed by atoms with van der Waals surface area (Å²) >= 11 is 0. The molecule has 4 nitrogen and oxygen atoms in total. The molecule has 0 amide bonds. The standard InChI is InChI=1S/C14H12F2N4/c1-20(2)13(10(8-17)9-18)6-7-19-14-11(15)4-3-5-12(14)16/h3-7,19H,1-2H3. The van der Waals surface area contributed by atoms with E-state index in [0.717, 1.165) is 12.1 Å². The molecular formula is C14H12F2N4. The normalized spacial score (nSPS) is 9.70. The van der Waals surface area contributed by atoms with Gasteiger partial charge in [0.25, 0.3) is 0 Å². The van der Waals surface area contributed by atoms with Crippen molar-refractivity contribution in [2.24, 2.45) is 0 Å². The highest BCUT2D eigenvalue weighted by molar-refractivity contribution is 5.50. The van der Waals surface area contributed by atoms with Gasteiger partial charge in [0, 0.05) is 20.3 Å². The number of likely N-dealkylation sites (N-methyl/N-ethyl adjacent to an activating group) is 1. The predicted octanol–water partition coefficient (Wildman–Crippen LogP) is 2.75. The average Bonchev–Trinajstić information content (AvgIpc) is 2.40. The molecule has 0 aliphatic carbocycles. The maximum atomic E-state index is 13.4. The summed E-state index contributed by atoms with van der Waals surface area (Å²) in [7, 11) is 3.30. The van der Waals surface area contributed by atoms with E-state index in [2.05, 4.69) is 5.32 Å². The number of halogens is 2. The van der Waals surface area contributed by atoms with Crippen LogP contribution >= 0.6 is 0 Å². The Morgan fingerprint density at radius 2 is 1.75 bits per heavy atom. The molecule has 1 aromatic rings. The molecule has 0 unspecified atom stereocenters. The van der Waals surface area contributed by atoms with Gasteiger partial charge in [-0.15, -0.1) is 0 Å². The molecule has 0 bridgehead atoms. The highest BCUT2D eigenvalue weighted by Gasteiger charge is 2.07. The van der Waals surface area contributed by atoms with Gasteiger partial charge in [0.05, 0.1) is 5.70 Å². The first-order valence-electron chi connectivity index (χ1n) is 5.60. The van der Waals surface area contributed by atoms with E-state index in [1.54, 1.807) is 31.1 Å². The van der Waals surface area contributed by atoms with Gasteiger partial charge in [0.15, 0.2) is 5.57 Å². The molecule has 0 saturated carbocycles. The lowest BCUT2D eigenvalue weighted by Gasteiger charge is -2.13. The molecule has 20 heavy (non-hydrogen) atoms. The highest BCUT2D eigenvalue weighted by Crippen LogP contribution is 2.18. The summed E-state index contributed by atoms with van der Waals surface area (Å²) in [6, 6.07) is 7.01. The number of hydrogen-bond acceptors (Lipinski definition) is 4. The summed E-state index contributed by atoms with van der Waals surface area (Å²) in [5, 5.41) is 20.1. The number of rotatable bonds is 4. The van der Waals surface area contributed by atoms with Gasteiger partial charge in [-0.2, -0.15) is 10.5 Å². The van der Waals surface area contributed by atoms with Crippen molar-refractivity contribution in [1.82, 2.24) is 4.90 Å². The number of anilines is 1. The van der Waals surface area contributed by atoms with Gasteiger partial charge in [-0.25, -0.2) is 8.78 Å². The highest BCUT2D eigenvalue weighted by atomic mass is 19.1. The van der Waals surface area contributed by atoms with Crippen LogP contribution < -0.4 is 5.32 Å². The molecule has 0 fully saturated rings. The SMILES string of the molecule is CN(C)C(C=CNc1c(F)cccc1F)=C(C#N)C#N. The summed E-state index contributed by atoms with van der Waals surface area (Å²) in [5.74, 6) is -1.46. The van der Waals surface area contributed by atoms with E-state index < -0.39 is 11.6 Å². The molecule has 1 aromatic carbocycles.